The van der Waals surface area contributed by atoms with Crippen LogP contribution in [0, 0.1) is 6.92 Å². The summed E-state index contributed by atoms with van der Waals surface area (Å²) in [6.45, 7) is 5.61. The van der Waals surface area contributed by atoms with Crippen LogP contribution in [-0.4, -0.2) is 18.5 Å². The van der Waals surface area contributed by atoms with Crippen LogP contribution in [0.3, 0.4) is 0 Å². The molecule has 0 saturated heterocycles. The highest BCUT2D eigenvalue weighted by atomic mass is 16.5. The second kappa shape index (κ2) is 8.15. The van der Waals surface area contributed by atoms with Crippen molar-refractivity contribution in [1.82, 2.24) is 0 Å². The normalized spacial score (nSPS) is 10.6. The number of carbonyl (C=O) groups is 2. The van der Waals surface area contributed by atoms with Crippen LogP contribution in [-0.2, 0) is 20.7 Å². The molecule has 4 heteroatoms. The molecule has 0 unspecified atom stereocenters. The van der Waals surface area contributed by atoms with E-state index in [2.05, 4.69) is 5.32 Å². The van der Waals surface area contributed by atoms with Crippen molar-refractivity contribution in [2.24, 2.45) is 0 Å². The number of hydrogen-bond donors (Lipinski definition) is 1. The molecule has 0 heterocycles. The predicted octanol–water partition coefficient (Wildman–Crippen LogP) is 3.01. The molecule has 0 fully saturated rings. The van der Waals surface area contributed by atoms with E-state index in [1.165, 1.54) is 6.08 Å². The largest absolute Gasteiger partial charge is 0.452 e. The predicted molar refractivity (Wildman–Crippen MR) is 79.6 cm³/mol. The molecule has 0 aromatic heterocycles. The van der Waals surface area contributed by atoms with Crippen molar-refractivity contribution in [1.29, 1.82) is 0 Å². The highest BCUT2D eigenvalue weighted by Crippen LogP contribution is 2.20. The average Bonchev–Trinajstić information content (AvgIpc) is 2.45. The lowest BCUT2D eigenvalue weighted by Gasteiger charge is -2.12. The lowest BCUT2D eigenvalue weighted by molar-refractivity contribution is -0.142. The molecule has 0 aliphatic rings. The zero-order valence-corrected chi connectivity index (χ0v) is 12.2. The quantitative estimate of drug-likeness (QED) is 0.641. The molecule has 0 saturated carbocycles. The lowest BCUT2D eigenvalue weighted by atomic mass is 10.1. The van der Waals surface area contributed by atoms with E-state index in [-0.39, 0.29) is 12.5 Å². The Morgan fingerprint density at radius 3 is 2.70 bits per heavy atom. The number of rotatable bonds is 6. The van der Waals surface area contributed by atoms with Gasteiger partial charge in [0.1, 0.15) is 0 Å². The summed E-state index contributed by atoms with van der Waals surface area (Å²) < 4.78 is 4.85. The number of hydrogen-bond acceptors (Lipinski definition) is 3. The molecular weight excluding hydrogens is 254 g/mol. The summed E-state index contributed by atoms with van der Waals surface area (Å²) in [6, 6.07) is 5.86. The van der Waals surface area contributed by atoms with Gasteiger partial charge in [0.05, 0.1) is 0 Å². The summed E-state index contributed by atoms with van der Waals surface area (Å²) >= 11 is 0. The summed E-state index contributed by atoms with van der Waals surface area (Å²) in [7, 11) is 0. The van der Waals surface area contributed by atoms with E-state index in [1.54, 1.807) is 6.08 Å². The van der Waals surface area contributed by atoms with Gasteiger partial charge in [0.15, 0.2) is 6.61 Å². The van der Waals surface area contributed by atoms with Crippen molar-refractivity contribution >= 4 is 17.6 Å². The van der Waals surface area contributed by atoms with Crippen molar-refractivity contribution in [3.63, 3.8) is 0 Å². The van der Waals surface area contributed by atoms with Crippen molar-refractivity contribution in [2.45, 2.75) is 33.6 Å². The second-order valence-corrected chi connectivity index (χ2v) is 4.43. The van der Waals surface area contributed by atoms with E-state index in [0.717, 1.165) is 29.7 Å². The van der Waals surface area contributed by atoms with Crippen molar-refractivity contribution in [2.75, 3.05) is 11.9 Å². The molecule has 0 spiro atoms. The van der Waals surface area contributed by atoms with Gasteiger partial charge in [0, 0.05) is 11.8 Å². The highest BCUT2D eigenvalue weighted by Gasteiger charge is 2.10. The first-order chi connectivity index (χ1) is 9.58. The molecule has 4 nitrogen and oxygen atoms in total. The number of aryl methyl sites for hydroxylation is 2. The first kappa shape index (κ1) is 16.0. The molecule has 0 radical (unpaired) electrons. The molecule has 1 aromatic rings. The lowest BCUT2D eigenvalue weighted by Crippen LogP contribution is -2.21. The van der Waals surface area contributed by atoms with Gasteiger partial charge in [-0.3, -0.25) is 4.79 Å². The number of esters is 1. The zero-order chi connectivity index (χ0) is 15.0. The maximum Gasteiger partial charge on any atom is 0.330 e. The van der Waals surface area contributed by atoms with Crippen LogP contribution in [0.2, 0.25) is 0 Å². The van der Waals surface area contributed by atoms with Gasteiger partial charge in [0.25, 0.3) is 5.91 Å². The molecular formula is C16H21NO3. The van der Waals surface area contributed by atoms with Gasteiger partial charge in [-0.15, -0.1) is 0 Å². The number of nitrogens with one attached hydrogen (secondary N) is 1. The Labute approximate surface area is 119 Å². The molecule has 20 heavy (non-hydrogen) atoms. The summed E-state index contributed by atoms with van der Waals surface area (Å²) in [4.78, 5) is 23.1. The van der Waals surface area contributed by atoms with E-state index in [9.17, 15) is 9.59 Å². The molecule has 0 bridgehead atoms. The van der Waals surface area contributed by atoms with Crippen LogP contribution < -0.4 is 5.32 Å². The van der Waals surface area contributed by atoms with Crippen LogP contribution >= 0.6 is 0 Å². The Morgan fingerprint density at radius 2 is 2.05 bits per heavy atom. The first-order valence-electron chi connectivity index (χ1n) is 6.80. The molecule has 1 aromatic carbocycles. The third-order valence-corrected chi connectivity index (χ3v) is 2.84. The SMILES string of the molecule is CC/C=C/C(=O)OCC(=O)Nc1c(C)cccc1CC. The molecule has 1 N–H and O–H groups in total. The summed E-state index contributed by atoms with van der Waals surface area (Å²) in [5.74, 6) is -0.824. The number of para-hydroxylation sites is 1. The fourth-order valence-electron chi connectivity index (χ4n) is 1.78. The van der Waals surface area contributed by atoms with Crippen molar-refractivity contribution in [3.8, 4) is 0 Å². The fourth-order valence-corrected chi connectivity index (χ4v) is 1.78. The molecule has 0 aliphatic carbocycles. The van der Waals surface area contributed by atoms with E-state index >= 15 is 0 Å². The smallest absolute Gasteiger partial charge is 0.330 e. The number of amides is 1. The molecule has 0 atom stereocenters. The maximum atomic E-state index is 11.8. The Morgan fingerprint density at radius 1 is 1.30 bits per heavy atom. The van der Waals surface area contributed by atoms with Crippen LogP contribution in [0.15, 0.2) is 30.4 Å². The summed E-state index contributed by atoms with van der Waals surface area (Å²) in [5, 5.41) is 2.80. The van der Waals surface area contributed by atoms with Crippen LogP contribution in [0.1, 0.15) is 31.4 Å². The van der Waals surface area contributed by atoms with Gasteiger partial charge in [0.2, 0.25) is 0 Å². The Kier molecular flexibility index (Phi) is 6.50. The fraction of sp³-hybridized carbons (Fsp3) is 0.375. The van der Waals surface area contributed by atoms with Crippen LogP contribution in [0.5, 0.6) is 0 Å². The summed E-state index contributed by atoms with van der Waals surface area (Å²) in [6.07, 6.45) is 4.61. The standard InChI is InChI=1S/C16H21NO3/c1-4-6-10-15(19)20-11-14(18)17-16-12(3)8-7-9-13(16)5-2/h6-10H,4-5,11H2,1-3H3,(H,17,18)/b10-6+. The molecule has 1 rings (SSSR count). The molecule has 1 amide bonds. The molecule has 0 aliphatic heterocycles. The molecule has 108 valence electrons. The van der Waals surface area contributed by atoms with Crippen molar-refractivity contribution in [3.05, 3.63) is 41.5 Å². The van der Waals surface area contributed by atoms with Crippen molar-refractivity contribution < 1.29 is 14.3 Å². The van der Waals surface area contributed by atoms with Crippen LogP contribution in [0.4, 0.5) is 5.69 Å². The minimum absolute atomic E-state index is 0.273. The third kappa shape index (κ3) is 4.88. The maximum absolute atomic E-state index is 11.8. The topological polar surface area (TPSA) is 55.4 Å². The first-order valence-corrected chi connectivity index (χ1v) is 6.80. The number of anilines is 1. The van der Waals surface area contributed by atoms with E-state index in [1.807, 2.05) is 39.0 Å². The minimum Gasteiger partial charge on any atom is -0.452 e. The van der Waals surface area contributed by atoms with Gasteiger partial charge in [-0.2, -0.15) is 0 Å². The second-order valence-electron chi connectivity index (χ2n) is 4.43. The summed E-state index contributed by atoms with van der Waals surface area (Å²) in [5.41, 5.74) is 2.87. The monoisotopic (exact) mass is 275 g/mol. The number of ether oxygens (including phenoxy) is 1. The number of benzene rings is 1. The minimum atomic E-state index is -0.498. The van der Waals surface area contributed by atoms with Gasteiger partial charge >= 0.3 is 5.97 Å². The van der Waals surface area contributed by atoms with Gasteiger partial charge < -0.3 is 10.1 Å². The van der Waals surface area contributed by atoms with Gasteiger partial charge in [-0.1, -0.05) is 38.1 Å². The zero-order valence-electron chi connectivity index (χ0n) is 12.2. The Hall–Kier alpha value is -2.10. The van der Waals surface area contributed by atoms with E-state index in [0.29, 0.717) is 0 Å². The van der Waals surface area contributed by atoms with Gasteiger partial charge in [-0.25, -0.2) is 4.79 Å². The Bertz CT molecular complexity index is 506. The third-order valence-electron chi connectivity index (χ3n) is 2.84. The van der Waals surface area contributed by atoms with E-state index in [4.69, 9.17) is 4.74 Å². The van der Waals surface area contributed by atoms with Crippen LogP contribution in [0.25, 0.3) is 0 Å². The Balaban J connectivity index is 2.59. The number of carbonyl (C=O) groups excluding carboxylic acids is 2. The van der Waals surface area contributed by atoms with Gasteiger partial charge in [-0.05, 0) is 30.9 Å². The number of allylic oxidation sites excluding steroid dienone is 1. The average molecular weight is 275 g/mol. The highest BCUT2D eigenvalue weighted by molar-refractivity contribution is 5.95. The van der Waals surface area contributed by atoms with E-state index < -0.39 is 5.97 Å².